The highest BCUT2D eigenvalue weighted by Gasteiger charge is 2.25. The van der Waals surface area contributed by atoms with Gasteiger partial charge in [-0.3, -0.25) is 4.99 Å². The highest BCUT2D eigenvalue weighted by Crippen LogP contribution is 2.43. The first kappa shape index (κ1) is 30.1. The van der Waals surface area contributed by atoms with Gasteiger partial charge in [-0.2, -0.15) is 0 Å². The fourth-order valence-electron chi connectivity index (χ4n) is 8.98. The number of rotatable bonds is 4. The van der Waals surface area contributed by atoms with E-state index in [1.165, 1.54) is 32.6 Å². The van der Waals surface area contributed by atoms with Crippen LogP contribution < -0.4 is 15.9 Å². The molecule has 8 aromatic carbocycles. The number of benzene rings is 8. The van der Waals surface area contributed by atoms with Crippen molar-refractivity contribution in [1.29, 1.82) is 0 Å². The molecule has 1 unspecified atom stereocenters. The average molecular weight is 705 g/mol. The van der Waals surface area contributed by atoms with Crippen molar-refractivity contribution < 1.29 is 4.42 Å². The molecule has 11 aromatic rings. The van der Waals surface area contributed by atoms with Crippen LogP contribution in [0.15, 0.2) is 191 Å². The molecule has 5 heteroatoms. The van der Waals surface area contributed by atoms with E-state index < -0.39 is 0 Å². The van der Waals surface area contributed by atoms with Crippen molar-refractivity contribution in [2.24, 2.45) is 4.99 Å². The van der Waals surface area contributed by atoms with Gasteiger partial charge in [-0.05, 0) is 60.2 Å². The van der Waals surface area contributed by atoms with Crippen molar-refractivity contribution in [3.8, 4) is 11.4 Å². The van der Waals surface area contributed by atoms with E-state index in [2.05, 4.69) is 196 Å². The summed E-state index contributed by atoms with van der Waals surface area (Å²) in [6, 6.07) is 64.7. The van der Waals surface area contributed by atoms with Crippen LogP contribution in [0.1, 0.15) is 17.3 Å². The summed E-state index contributed by atoms with van der Waals surface area (Å²) in [5, 5.41) is 12.9. The summed E-state index contributed by atoms with van der Waals surface area (Å²) in [4.78, 5) is 5.28. The molecule has 1 aliphatic heterocycles. The van der Waals surface area contributed by atoms with Gasteiger partial charge < -0.3 is 18.9 Å². The number of furan rings is 1. The average Bonchev–Trinajstić information content (AvgIpc) is 3.90. The second-order valence-corrected chi connectivity index (χ2v) is 14.3. The third-order valence-electron chi connectivity index (χ3n) is 11.3. The second kappa shape index (κ2) is 11.6. The van der Waals surface area contributed by atoms with E-state index >= 15 is 0 Å². The zero-order valence-electron chi connectivity index (χ0n) is 29.6. The van der Waals surface area contributed by atoms with Crippen LogP contribution >= 0.6 is 0 Å². The lowest BCUT2D eigenvalue weighted by Crippen LogP contribution is -2.39. The second-order valence-electron chi connectivity index (χ2n) is 14.3. The van der Waals surface area contributed by atoms with E-state index in [9.17, 15) is 0 Å². The predicted molar refractivity (Wildman–Crippen MR) is 224 cm³/mol. The Bertz CT molecular complexity index is 3460. The van der Waals surface area contributed by atoms with Crippen LogP contribution in [-0.2, 0) is 0 Å². The molecule has 1 N–H and O–H groups in total. The van der Waals surface area contributed by atoms with E-state index in [1.54, 1.807) is 0 Å². The number of hydrogen-bond donors (Lipinski definition) is 1. The monoisotopic (exact) mass is 704 g/mol. The zero-order valence-corrected chi connectivity index (χ0v) is 29.6. The van der Waals surface area contributed by atoms with Crippen LogP contribution in [-0.4, -0.2) is 9.13 Å². The van der Waals surface area contributed by atoms with Crippen LogP contribution in [0.5, 0.6) is 0 Å². The third-order valence-corrected chi connectivity index (χ3v) is 11.3. The van der Waals surface area contributed by atoms with E-state index in [4.69, 9.17) is 9.41 Å². The van der Waals surface area contributed by atoms with Crippen molar-refractivity contribution in [3.63, 3.8) is 0 Å². The minimum absolute atomic E-state index is 0.304. The van der Waals surface area contributed by atoms with Crippen molar-refractivity contribution in [1.82, 2.24) is 14.5 Å². The first-order chi connectivity index (χ1) is 27.3. The number of aromatic nitrogens is 2. The van der Waals surface area contributed by atoms with E-state index in [1.807, 2.05) is 0 Å². The molecule has 55 heavy (non-hydrogen) atoms. The Morgan fingerprint density at radius 2 is 1.11 bits per heavy atom. The van der Waals surface area contributed by atoms with Crippen molar-refractivity contribution in [2.45, 2.75) is 6.17 Å². The fourth-order valence-corrected chi connectivity index (χ4v) is 8.98. The summed E-state index contributed by atoms with van der Waals surface area (Å²) < 4.78 is 11.7. The SMILES string of the molecule is c1ccc(C2=c3ccccc3=NC(c3cccc4oc5c(-n6c7ccccc7c7cc8c(cc76)c6ccccc6n8-c6ccccc6)cccc5c34)N2)cc1. The third kappa shape index (κ3) is 4.38. The van der Waals surface area contributed by atoms with Crippen LogP contribution in [0.2, 0.25) is 0 Å². The summed E-state index contributed by atoms with van der Waals surface area (Å²) >= 11 is 0. The number of hydrogen-bond acceptors (Lipinski definition) is 3. The Morgan fingerprint density at radius 1 is 0.491 bits per heavy atom. The minimum atomic E-state index is -0.304. The maximum absolute atomic E-state index is 6.94. The minimum Gasteiger partial charge on any atom is -0.454 e. The quantitative estimate of drug-likeness (QED) is 0.198. The van der Waals surface area contributed by atoms with Gasteiger partial charge in [0, 0.05) is 48.8 Å². The van der Waals surface area contributed by atoms with Crippen LogP contribution in [0, 0.1) is 0 Å². The Hall–Kier alpha value is -7.37. The number of para-hydroxylation sites is 5. The molecule has 0 saturated carbocycles. The molecule has 3 aromatic heterocycles. The molecule has 1 atom stereocenters. The zero-order chi connectivity index (χ0) is 36.0. The normalized spacial score (nSPS) is 14.3. The Kier molecular flexibility index (Phi) is 6.33. The van der Waals surface area contributed by atoms with Gasteiger partial charge in [0.1, 0.15) is 11.7 Å². The van der Waals surface area contributed by atoms with Gasteiger partial charge in [0.2, 0.25) is 0 Å². The Morgan fingerprint density at radius 3 is 1.89 bits per heavy atom. The van der Waals surface area contributed by atoms with Gasteiger partial charge in [-0.1, -0.05) is 127 Å². The summed E-state index contributed by atoms with van der Waals surface area (Å²) in [6.07, 6.45) is -0.304. The van der Waals surface area contributed by atoms with Gasteiger partial charge in [-0.25, -0.2) is 0 Å². The molecule has 0 aliphatic carbocycles. The van der Waals surface area contributed by atoms with E-state index in [-0.39, 0.29) is 6.17 Å². The van der Waals surface area contributed by atoms with Crippen LogP contribution in [0.25, 0.3) is 82.6 Å². The topological polar surface area (TPSA) is 47.4 Å². The van der Waals surface area contributed by atoms with Gasteiger partial charge in [0.25, 0.3) is 0 Å². The van der Waals surface area contributed by atoms with Gasteiger partial charge in [0.05, 0.1) is 38.8 Å². The first-order valence-electron chi connectivity index (χ1n) is 18.8. The van der Waals surface area contributed by atoms with Crippen LogP contribution in [0.3, 0.4) is 0 Å². The highest BCUT2D eigenvalue weighted by molar-refractivity contribution is 6.20. The van der Waals surface area contributed by atoms with Gasteiger partial charge in [0.15, 0.2) is 5.58 Å². The fraction of sp³-hybridized carbons (Fsp3) is 0.0200. The molecule has 258 valence electrons. The van der Waals surface area contributed by atoms with Crippen molar-refractivity contribution in [3.05, 3.63) is 204 Å². The van der Waals surface area contributed by atoms with E-state index in [0.29, 0.717) is 0 Å². The molecular weight excluding hydrogens is 673 g/mol. The molecule has 0 saturated heterocycles. The van der Waals surface area contributed by atoms with Gasteiger partial charge in [-0.15, -0.1) is 0 Å². The smallest absolute Gasteiger partial charge is 0.159 e. The molecular formula is C50H32N4O. The molecule has 0 spiro atoms. The summed E-state index contributed by atoms with van der Waals surface area (Å²) in [5.74, 6) is 0. The maximum Gasteiger partial charge on any atom is 0.159 e. The molecule has 4 heterocycles. The van der Waals surface area contributed by atoms with Gasteiger partial charge >= 0.3 is 0 Å². The van der Waals surface area contributed by atoms with Crippen LogP contribution in [0.4, 0.5) is 0 Å². The maximum atomic E-state index is 6.94. The highest BCUT2D eigenvalue weighted by atomic mass is 16.3. The molecule has 0 radical (unpaired) electrons. The lowest BCUT2D eigenvalue weighted by atomic mass is 10.0. The number of fused-ring (bicyclic) bond motifs is 10. The number of nitrogens with zero attached hydrogens (tertiary/aromatic N) is 3. The Balaban J connectivity index is 1.11. The summed E-state index contributed by atoms with van der Waals surface area (Å²) in [5.41, 5.74) is 11.8. The lowest BCUT2D eigenvalue weighted by Gasteiger charge is -2.23. The first-order valence-corrected chi connectivity index (χ1v) is 18.8. The predicted octanol–water partition coefficient (Wildman–Crippen LogP) is 10.9. The van der Waals surface area contributed by atoms with Crippen molar-refractivity contribution >= 4 is 71.2 Å². The molecule has 0 amide bonds. The number of nitrogens with one attached hydrogen (secondary N) is 1. The summed E-state index contributed by atoms with van der Waals surface area (Å²) in [7, 11) is 0. The molecule has 0 bridgehead atoms. The standard InChI is InChI=1S/C50H32N4O/c1-3-15-31(16-4-1)48-35-21-7-10-24-40(35)51-50(52-48)37-23-14-28-46-47(37)36-22-13-27-43(49(36)55-46)54-42-26-12-9-20-34(42)39-29-44-38(30-45(39)54)33-19-8-11-25-41(33)53(44)32-17-5-2-6-18-32/h1-30,50,52H. The summed E-state index contributed by atoms with van der Waals surface area (Å²) in [6.45, 7) is 0. The Labute approximate surface area is 315 Å². The largest absolute Gasteiger partial charge is 0.454 e. The molecule has 1 aliphatic rings. The van der Waals surface area contributed by atoms with Crippen molar-refractivity contribution in [2.75, 3.05) is 0 Å². The molecule has 5 nitrogen and oxygen atoms in total. The van der Waals surface area contributed by atoms with E-state index in [0.717, 1.165) is 71.7 Å². The molecule has 12 rings (SSSR count). The lowest BCUT2D eigenvalue weighted by molar-refractivity contribution is 0.636. The molecule has 0 fully saturated rings.